The zero-order valence-corrected chi connectivity index (χ0v) is 26.3. The van der Waals surface area contributed by atoms with E-state index in [1.807, 2.05) is 47.6 Å². The normalized spacial score (nSPS) is 23.1. The highest BCUT2D eigenvalue weighted by molar-refractivity contribution is 6.03. The number of piperazine rings is 1. The van der Waals surface area contributed by atoms with Crippen LogP contribution in [0.2, 0.25) is 0 Å². The van der Waals surface area contributed by atoms with Crippen LogP contribution < -0.4 is 0 Å². The van der Waals surface area contributed by atoms with Crippen molar-refractivity contribution in [1.29, 1.82) is 5.26 Å². The molecule has 1 heterocycles. The zero-order valence-electron chi connectivity index (χ0n) is 26.3. The van der Waals surface area contributed by atoms with E-state index < -0.39 is 12.0 Å². The molecular formula is C32H52F2N4O2. The first-order valence-electron chi connectivity index (χ1n) is 14.8. The number of halogens is 2. The Balaban J connectivity index is 0.000000667. The molecule has 0 aromatic heterocycles. The summed E-state index contributed by atoms with van der Waals surface area (Å²) in [7, 11) is 0. The van der Waals surface area contributed by atoms with Crippen LogP contribution in [0.15, 0.2) is 40.2 Å². The number of carbonyl (C=O) groups excluding carboxylic acids is 1. The zero-order chi connectivity index (χ0) is 30.5. The van der Waals surface area contributed by atoms with Crippen molar-refractivity contribution >= 4 is 11.8 Å². The monoisotopic (exact) mass is 562 g/mol. The maximum Gasteiger partial charge on any atom is 0.410 e. The van der Waals surface area contributed by atoms with Gasteiger partial charge in [-0.25, -0.2) is 13.6 Å². The molecule has 0 bridgehead atoms. The third kappa shape index (κ3) is 11.4. The van der Waals surface area contributed by atoms with Crippen LogP contribution >= 0.6 is 0 Å². The first-order chi connectivity index (χ1) is 18.8. The lowest BCUT2D eigenvalue weighted by Crippen LogP contribution is -2.54. The summed E-state index contributed by atoms with van der Waals surface area (Å²) in [6.45, 7) is 18.4. The molecule has 2 aliphatic rings. The highest BCUT2D eigenvalue weighted by Gasteiger charge is 2.32. The van der Waals surface area contributed by atoms with Gasteiger partial charge in [0.25, 0.3) is 6.43 Å². The van der Waals surface area contributed by atoms with Gasteiger partial charge in [0.05, 0.1) is 6.07 Å². The number of amides is 1. The fourth-order valence-electron chi connectivity index (χ4n) is 5.27. The molecule has 1 aliphatic carbocycles. The molecule has 226 valence electrons. The number of hydrogen-bond acceptors (Lipinski definition) is 5. The third-order valence-electron chi connectivity index (χ3n) is 7.32. The summed E-state index contributed by atoms with van der Waals surface area (Å²) >= 11 is 0. The molecular weight excluding hydrogens is 510 g/mol. The van der Waals surface area contributed by atoms with E-state index in [1.54, 1.807) is 24.9 Å². The summed E-state index contributed by atoms with van der Waals surface area (Å²) < 4.78 is 33.0. The van der Waals surface area contributed by atoms with Crippen LogP contribution in [0.3, 0.4) is 0 Å². The van der Waals surface area contributed by atoms with Crippen LogP contribution in [0, 0.1) is 23.2 Å². The number of ether oxygens (including phenoxy) is 1. The molecule has 0 aromatic rings. The molecule has 0 aromatic carbocycles. The van der Waals surface area contributed by atoms with Gasteiger partial charge in [-0.2, -0.15) is 5.26 Å². The fourth-order valence-corrected chi connectivity index (χ4v) is 5.27. The number of carbonyl (C=O) groups is 1. The predicted molar refractivity (Wildman–Crippen MR) is 160 cm³/mol. The van der Waals surface area contributed by atoms with Gasteiger partial charge in [0.15, 0.2) is 0 Å². The summed E-state index contributed by atoms with van der Waals surface area (Å²) in [5, 5.41) is 8.60. The minimum atomic E-state index is -2.60. The second-order valence-corrected chi connectivity index (χ2v) is 11.8. The summed E-state index contributed by atoms with van der Waals surface area (Å²) in [6, 6.07) is 2.24. The second-order valence-electron chi connectivity index (χ2n) is 11.8. The molecule has 2 rings (SSSR count). The molecule has 2 fully saturated rings. The molecule has 0 N–H and O–H groups in total. The van der Waals surface area contributed by atoms with Gasteiger partial charge in [-0.05, 0) is 80.1 Å². The molecule has 6 nitrogen and oxygen atoms in total. The number of nitrogens with zero attached hydrogens (tertiary/aromatic N) is 4. The number of alkyl halides is 2. The molecule has 0 radical (unpaired) electrons. The van der Waals surface area contributed by atoms with Gasteiger partial charge in [-0.15, -0.1) is 0 Å². The standard InChI is InChI=1S/C23H37F2N3O2.C9H15N/c1-9-11-12-26-17(4)20(19(10-2)21(24)25)18(5)27-13-14-28(16(3)15-27)22(29)30-23(6,7)8;1-2-3-8-4-5-9(6-8)7-10/h10-12,16,21H,9,13-15H2,1-8H3;8-9H,2-6H2,1H3/b12-11+,19-10+,20-18-,26-17+;. The van der Waals surface area contributed by atoms with Gasteiger partial charge in [0, 0.05) is 60.3 Å². The molecule has 1 amide bonds. The largest absolute Gasteiger partial charge is 0.444 e. The lowest BCUT2D eigenvalue weighted by atomic mass is 9.98. The van der Waals surface area contributed by atoms with Gasteiger partial charge < -0.3 is 14.5 Å². The second kappa shape index (κ2) is 17.2. The summed E-state index contributed by atoms with van der Waals surface area (Å²) in [5.41, 5.74) is 1.17. The van der Waals surface area contributed by atoms with E-state index in [4.69, 9.17) is 10.00 Å². The molecule has 3 unspecified atom stereocenters. The van der Waals surface area contributed by atoms with Crippen LogP contribution in [-0.4, -0.2) is 59.3 Å². The Morgan fingerprint density at radius 2 is 1.88 bits per heavy atom. The molecule has 1 saturated heterocycles. The molecule has 3 atom stereocenters. The van der Waals surface area contributed by atoms with E-state index in [0.29, 0.717) is 36.8 Å². The average molecular weight is 563 g/mol. The Morgan fingerprint density at radius 3 is 2.35 bits per heavy atom. The molecule has 0 spiro atoms. The summed E-state index contributed by atoms with van der Waals surface area (Å²) in [4.78, 5) is 20.6. The van der Waals surface area contributed by atoms with E-state index in [0.717, 1.165) is 24.5 Å². The first-order valence-corrected chi connectivity index (χ1v) is 14.8. The van der Waals surface area contributed by atoms with Gasteiger partial charge in [0.1, 0.15) is 5.60 Å². The van der Waals surface area contributed by atoms with Crippen molar-refractivity contribution in [2.75, 3.05) is 19.6 Å². The molecule has 1 saturated carbocycles. The highest BCUT2D eigenvalue weighted by Crippen LogP contribution is 2.33. The van der Waals surface area contributed by atoms with Crippen LogP contribution in [-0.2, 0) is 4.74 Å². The van der Waals surface area contributed by atoms with Gasteiger partial charge in [-0.1, -0.05) is 38.8 Å². The lowest BCUT2D eigenvalue weighted by molar-refractivity contribution is 0.00493. The van der Waals surface area contributed by atoms with Gasteiger partial charge >= 0.3 is 6.09 Å². The number of allylic oxidation sites excluding steroid dienone is 5. The van der Waals surface area contributed by atoms with Gasteiger partial charge in [-0.3, -0.25) is 4.99 Å². The Hall–Kier alpha value is -2.69. The Kier molecular flexibility index (Phi) is 15.2. The topological polar surface area (TPSA) is 68.9 Å². The smallest absolute Gasteiger partial charge is 0.410 e. The number of rotatable bonds is 8. The SMILES string of the molecule is CCCC1CCC(C#N)C1.C\C=C(C(/C(C)=N/C=C/CC)=C(/C)N1CCN(C(=O)OC(C)(C)C)C(C)C1)\C(F)F. The van der Waals surface area contributed by atoms with E-state index >= 15 is 0 Å². The molecule has 1 aliphatic heterocycles. The van der Waals surface area contributed by atoms with Crippen LogP contribution in [0.5, 0.6) is 0 Å². The number of aliphatic imine (C=N–C) groups is 1. The lowest BCUT2D eigenvalue weighted by Gasteiger charge is -2.42. The van der Waals surface area contributed by atoms with E-state index in [9.17, 15) is 13.6 Å². The van der Waals surface area contributed by atoms with E-state index in [2.05, 4.69) is 22.9 Å². The van der Waals surface area contributed by atoms with Crippen LogP contribution in [0.1, 0.15) is 101 Å². The fraction of sp³-hybridized carbons (Fsp3) is 0.719. The average Bonchev–Trinajstić information content (AvgIpc) is 3.33. The van der Waals surface area contributed by atoms with Gasteiger partial charge in [0.2, 0.25) is 0 Å². The van der Waals surface area contributed by atoms with Crippen LogP contribution in [0.25, 0.3) is 0 Å². The maximum atomic E-state index is 13.8. The quantitative estimate of drug-likeness (QED) is 0.220. The first kappa shape index (κ1) is 35.3. The Labute approximate surface area is 241 Å². The van der Waals surface area contributed by atoms with Crippen molar-refractivity contribution in [3.8, 4) is 6.07 Å². The van der Waals surface area contributed by atoms with E-state index in [-0.39, 0.29) is 17.7 Å². The minimum Gasteiger partial charge on any atom is -0.444 e. The van der Waals surface area contributed by atoms with Crippen molar-refractivity contribution < 1.29 is 18.3 Å². The minimum absolute atomic E-state index is 0.0270. The maximum absolute atomic E-state index is 13.8. The number of hydrogen-bond donors (Lipinski definition) is 0. The Morgan fingerprint density at radius 1 is 1.20 bits per heavy atom. The van der Waals surface area contributed by atoms with E-state index in [1.165, 1.54) is 31.8 Å². The number of nitriles is 1. The van der Waals surface area contributed by atoms with Crippen molar-refractivity contribution in [2.45, 2.75) is 119 Å². The van der Waals surface area contributed by atoms with Crippen molar-refractivity contribution in [3.05, 3.63) is 35.2 Å². The Bertz CT molecular complexity index is 972. The van der Waals surface area contributed by atoms with Crippen molar-refractivity contribution in [1.82, 2.24) is 9.80 Å². The summed E-state index contributed by atoms with van der Waals surface area (Å²) in [6.07, 6.45) is 9.11. The highest BCUT2D eigenvalue weighted by atomic mass is 19.3. The van der Waals surface area contributed by atoms with Crippen LogP contribution in [0.4, 0.5) is 13.6 Å². The van der Waals surface area contributed by atoms with Crippen molar-refractivity contribution in [2.24, 2.45) is 16.8 Å². The predicted octanol–water partition coefficient (Wildman–Crippen LogP) is 8.52. The molecule has 40 heavy (non-hydrogen) atoms. The molecule has 8 heteroatoms. The third-order valence-corrected chi connectivity index (χ3v) is 7.32. The van der Waals surface area contributed by atoms with Crippen molar-refractivity contribution in [3.63, 3.8) is 0 Å². The summed E-state index contributed by atoms with van der Waals surface area (Å²) in [5.74, 6) is 1.26.